The van der Waals surface area contributed by atoms with E-state index in [1.165, 1.54) is 0 Å². The van der Waals surface area contributed by atoms with Crippen molar-refractivity contribution in [2.75, 3.05) is 19.4 Å². The second-order valence-electron chi connectivity index (χ2n) is 5.52. The van der Waals surface area contributed by atoms with Gasteiger partial charge in [-0.1, -0.05) is 23.4 Å². The Morgan fingerprint density at radius 1 is 1.28 bits per heavy atom. The van der Waals surface area contributed by atoms with Crippen molar-refractivity contribution in [3.8, 4) is 5.75 Å². The molecule has 0 N–H and O–H groups in total. The SMILES string of the molecule is COc1ccc(C2=NCC(CSc3nc4cc(Cl)ccc4o3)S2)cc1. The van der Waals surface area contributed by atoms with Gasteiger partial charge in [-0.05, 0) is 42.5 Å². The highest BCUT2D eigenvalue weighted by Crippen LogP contribution is 2.32. The van der Waals surface area contributed by atoms with Crippen molar-refractivity contribution in [1.82, 2.24) is 4.98 Å². The topological polar surface area (TPSA) is 47.6 Å². The van der Waals surface area contributed by atoms with Crippen molar-refractivity contribution in [3.63, 3.8) is 0 Å². The number of hydrogen-bond acceptors (Lipinski definition) is 6. The van der Waals surface area contributed by atoms with Crippen molar-refractivity contribution in [3.05, 3.63) is 53.1 Å². The highest BCUT2D eigenvalue weighted by Gasteiger charge is 2.22. The molecule has 2 aromatic carbocycles. The summed E-state index contributed by atoms with van der Waals surface area (Å²) in [5.41, 5.74) is 2.69. The molecule has 0 bridgehead atoms. The zero-order valence-corrected chi connectivity index (χ0v) is 15.8. The monoisotopic (exact) mass is 390 g/mol. The molecule has 0 saturated carbocycles. The van der Waals surface area contributed by atoms with Crippen LogP contribution in [0.1, 0.15) is 5.56 Å². The van der Waals surface area contributed by atoms with Gasteiger partial charge < -0.3 is 9.15 Å². The minimum atomic E-state index is 0.417. The maximum Gasteiger partial charge on any atom is 0.256 e. The molecule has 4 rings (SSSR count). The molecule has 3 aromatic rings. The lowest BCUT2D eigenvalue weighted by molar-refractivity contribution is 0.415. The first-order chi connectivity index (χ1) is 12.2. The third kappa shape index (κ3) is 3.81. The molecule has 0 amide bonds. The number of aliphatic imine (C=N–C) groups is 1. The summed E-state index contributed by atoms with van der Waals surface area (Å²) in [6.07, 6.45) is 0. The number of halogens is 1. The Labute approximate surface area is 159 Å². The highest BCUT2D eigenvalue weighted by atomic mass is 35.5. The standard InChI is InChI=1S/C18H15ClN2O2S2/c1-22-13-5-2-11(3-6-13)17-20-9-14(25-17)10-24-18-21-15-8-12(19)4-7-16(15)23-18/h2-8,14H,9-10H2,1H3. The predicted octanol–water partition coefficient (Wildman–Crippen LogP) is 5.14. The molecule has 1 aliphatic rings. The van der Waals surface area contributed by atoms with Gasteiger partial charge in [0.05, 0.1) is 18.7 Å². The number of nitrogens with zero attached hydrogens (tertiary/aromatic N) is 2. The third-order valence-corrected chi connectivity index (χ3v) is 6.45. The average Bonchev–Trinajstić information content (AvgIpc) is 3.26. The first-order valence-corrected chi connectivity index (χ1v) is 10.00. The second-order valence-corrected chi connectivity index (χ2v) is 8.21. The van der Waals surface area contributed by atoms with Crippen molar-refractivity contribution in [2.24, 2.45) is 4.99 Å². The van der Waals surface area contributed by atoms with Gasteiger partial charge in [0.15, 0.2) is 5.58 Å². The van der Waals surface area contributed by atoms with E-state index in [4.69, 9.17) is 20.8 Å². The molecular formula is C18H15ClN2O2S2. The van der Waals surface area contributed by atoms with Crippen LogP contribution in [0.15, 0.2) is 57.1 Å². The Morgan fingerprint density at radius 3 is 2.92 bits per heavy atom. The molecule has 25 heavy (non-hydrogen) atoms. The lowest BCUT2D eigenvalue weighted by Crippen LogP contribution is -2.06. The van der Waals surface area contributed by atoms with E-state index >= 15 is 0 Å². The Morgan fingerprint density at radius 2 is 2.12 bits per heavy atom. The van der Waals surface area contributed by atoms with E-state index < -0.39 is 0 Å². The lowest BCUT2D eigenvalue weighted by atomic mass is 10.2. The predicted molar refractivity (Wildman–Crippen MR) is 106 cm³/mol. The molecule has 1 aromatic heterocycles. The smallest absolute Gasteiger partial charge is 0.256 e. The van der Waals surface area contributed by atoms with Crippen molar-refractivity contribution in [2.45, 2.75) is 10.5 Å². The van der Waals surface area contributed by atoms with Crippen LogP contribution in [0.5, 0.6) is 5.75 Å². The van der Waals surface area contributed by atoms with Crippen LogP contribution < -0.4 is 4.74 Å². The third-order valence-electron chi connectivity index (χ3n) is 3.78. The van der Waals surface area contributed by atoms with E-state index in [-0.39, 0.29) is 0 Å². The van der Waals surface area contributed by atoms with Gasteiger partial charge in [-0.15, -0.1) is 11.8 Å². The largest absolute Gasteiger partial charge is 0.497 e. The van der Waals surface area contributed by atoms with Gasteiger partial charge in [0.1, 0.15) is 11.3 Å². The van der Waals surface area contributed by atoms with Crippen molar-refractivity contribution in [1.29, 1.82) is 0 Å². The summed E-state index contributed by atoms with van der Waals surface area (Å²) in [7, 11) is 1.67. The first-order valence-electron chi connectivity index (χ1n) is 7.76. The number of fused-ring (bicyclic) bond motifs is 1. The number of aromatic nitrogens is 1. The summed E-state index contributed by atoms with van der Waals surface area (Å²) in [6.45, 7) is 0.811. The summed E-state index contributed by atoms with van der Waals surface area (Å²) in [4.78, 5) is 9.15. The fraction of sp³-hybridized carbons (Fsp3) is 0.222. The van der Waals surface area contributed by atoms with E-state index in [9.17, 15) is 0 Å². The molecular weight excluding hydrogens is 376 g/mol. The number of thioether (sulfide) groups is 2. The Hall–Kier alpha value is -1.63. The van der Waals surface area contributed by atoms with Crippen LogP contribution in [0.4, 0.5) is 0 Å². The Balaban J connectivity index is 1.36. The molecule has 0 saturated heterocycles. The molecule has 0 fully saturated rings. The summed E-state index contributed by atoms with van der Waals surface area (Å²) >= 11 is 9.41. The molecule has 0 radical (unpaired) electrons. The number of rotatable bonds is 5. The molecule has 4 nitrogen and oxygen atoms in total. The second kappa shape index (κ2) is 7.32. The average molecular weight is 391 g/mol. The zero-order valence-electron chi connectivity index (χ0n) is 13.4. The summed E-state index contributed by atoms with van der Waals surface area (Å²) in [6, 6.07) is 13.5. The number of ether oxygens (including phenoxy) is 1. The number of methoxy groups -OCH3 is 1. The maximum absolute atomic E-state index is 5.99. The molecule has 1 aliphatic heterocycles. The summed E-state index contributed by atoms with van der Waals surface area (Å²) < 4.78 is 10.9. The van der Waals surface area contributed by atoms with Crippen LogP contribution in [-0.2, 0) is 0 Å². The van der Waals surface area contributed by atoms with Crippen LogP contribution in [0.2, 0.25) is 5.02 Å². The minimum absolute atomic E-state index is 0.417. The van der Waals surface area contributed by atoms with Crippen LogP contribution in [0, 0.1) is 0 Å². The minimum Gasteiger partial charge on any atom is -0.497 e. The van der Waals surface area contributed by atoms with E-state index in [0.717, 1.165) is 39.8 Å². The van der Waals surface area contributed by atoms with E-state index in [1.807, 2.05) is 42.5 Å². The van der Waals surface area contributed by atoms with Gasteiger partial charge in [0, 0.05) is 21.6 Å². The first kappa shape index (κ1) is 16.8. The van der Waals surface area contributed by atoms with Gasteiger partial charge in [0.25, 0.3) is 5.22 Å². The van der Waals surface area contributed by atoms with Crippen LogP contribution in [0.25, 0.3) is 11.1 Å². The van der Waals surface area contributed by atoms with Crippen LogP contribution in [0.3, 0.4) is 0 Å². The van der Waals surface area contributed by atoms with Crippen molar-refractivity contribution < 1.29 is 9.15 Å². The molecule has 0 aliphatic carbocycles. The van der Waals surface area contributed by atoms with E-state index in [0.29, 0.717) is 15.5 Å². The number of oxazole rings is 1. The van der Waals surface area contributed by atoms with E-state index in [2.05, 4.69) is 9.98 Å². The Bertz CT molecular complexity index is 924. The normalized spacial score (nSPS) is 17.0. The zero-order chi connectivity index (χ0) is 17.2. The fourth-order valence-corrected chi connectivity index (χ4v) is 4.78. The summed E-state index contributed by atoms with van der Waals surface area (Å²) in [5.74, 6) is 1.75. The summed E-state index contributed by atoms with van der Waals surface area (Å²) in [5, 5.41) is 2.84. The van der Waals surface area contributed by atoms with Gasteiger partial charge in [0.2, 0.25) is 0 Å². The molecule has 1 atom stereocenters. The highest BCUT2D eigenvalue weighted by molar-refractivity contribution is 8.16. The lowest BCUT2D eigenvalue weighted by Gasteiger charge is -2.06. The number of benzene rings is 2. The fourth-order valence-electron chi connectivity index (χ4n) is 2.50. The Kier molecular flexibility index (Phi) is 4.92. The van der Waals surface area contributed by atoms with Gasteiger partial charge >= 0.3 is 0 Å². The van der Waals surface area contributed by atoms with Crippen LogP contribution >= 0.6 is 35.1 Å². The van der Waals surface area contributed by atoms with E-state index in [1.54, 1.807) is 30.6 Å². The van der Waals surface area contributed by atoms with Gasteiger partial charge in [-0.25, -0.2) is 4.98 Å². The molecule has 7 heteroatoms. The van der Waals surface area contributed by atoms with Gasteiger partial charge in [-0.3, -0.25) is 4.99 Å². The maximum atomic E-state index is 5.99. The molecule has 0 spiro atoms. The molecule has 2 heterocycles. The van der Waals surface area contributed by atoms with Crippen molar-refractivity contribution >= 4 is 51.3 Å². The molecule has 1 unspecified atom stereocenters. The molecule has 128 valence electrons. The van der Waals surface area contributed by atoms with Gasteiger partial charge in [-0.2, -0.15) is 0 Å². The van der Waals surface area contributed by atoms with Crippen LogP contribution in [-0.4, -0.2) is 34.7 Å². The quantitative estimate of drug-likeness (QED) is 0.564. The number of hydrogen-bond donors (Lipinski definition) is 0.